The Balaban J connectivity index is 1.58. The number of hydrogen-bond donors (Lipinski definition) is 1. The molecule has 0 spiro atoms. The van der Waals surface area contributed by atoms with E-state index in [0.717, 1.165) is 19.3 Å². The summed E-state index contributed by atoms with van der Waals surface area (Å²) in [5, 5.41) is 13.5. The molecule has 1 amide bonds. The Kier molecular flexibility index (Phi) is 5.94. The first-order valence-electron chi connectivity index (χ1n) is 9.61. The molecule has 1 atom stereocenters. The predicted molar refractivity (Wildman–Crippen MR) is 103 cm³/mol. The molecule has 144 valence electrons. The highest BCUT2D eigenvalue weighted by atomic mass is 16.4. The molecule has 2 aromatic rings. The highest BCUT2D eigenvalue weighted by Crippen LogP contribution is 2.28. The minimum Gasteiger partial charge on any atom is -0.478 e. The van der Waals surface area contributed by atoms with Crippen LogP contribution in [0.2, 0.25) is 0 Å². The number of likely N-dealkylation sites (tertiary alicyclic amines) is 1. The maximum absolute atomic E-state index is 12.8. The molecule has 0 radical (unpaired) electrons. The summed E-state index contributed by atoms with van der Waals surface area (Å²) in [6.45, 7) is 5.30. The molecule has 1 aliphatic heterocycles. The second-order valence-corrected chi connectivity index (χ2v) is 7.23. The summed E-state index contributed by atoms with van der Waals surface area (Å²) >= 11 is 0. The number of carboxylic acid groups (broad SMARTS) is 1. The molecular weight excluding hydrogens is 342 g/mol. The van der Waals surface area contributed by atoms with Crippen LogP contribution in [0.25, 0.3) is 0 Å². The summed E-state index contributed by atoms with van der Waals surface area (Å²) in [5.41, 5.74) is 2.15. The van der Waals surface area contributed by atoms with E-state index in [4.69, 9.17) is 0 Å². The molecule has 0 saturated carbocycles. The second kappa shape index (κ2) is 8.37. The Hall–Kier alpha value is -2.63. The van der Waals surface area contributed by atoms with Crippen LogP contribution in [-0.2, 0) is 4.79 Å². The van der Waals surface area contributed by atoms with Crippen molar-refractivity contribution in [3.63, 3.8) is 0 Å². The highest BCUT2D eigenvalue weighted by Gasteiger charge is 2.27. The minimum atomic E-state index is -0.946. The number of rotatable bonds is 6. The molecule has 0 aliphatic carbocycles. The average molecular weight is 369 g/mol. The highest BCUT2D eigenvalue weighted by molar-refractivity contribution is 5.88. The van der Waals surface area contributed by atoms with Crippen LogP contribution in [0.3, 0.4) is 0 Å². The van der Waals surface area contributed by atoms with Gasteiger partial charge in [0, 0.05) is 19.5 Å². The van der Waals surface area contributed by atoms with Gasteiger partial charge in [0.15, 0.2) is 0 Å². The summed E-state index contributed by atoms with van der Waals surface area (Å²) in [5.74, 6) is -0.492. The van der Waals surface area contributed by atoms with Gasteiger partial charge in [0.2, 0.25) is 5.91 Å². The number of aromatic nitrogens is 2. The first-order valence-corrected chi connectivity index (χ1v) is 9.61. The lowest BCUT2D eigenvalue weighted by Crippen LogP contribution is -2.39. The Bertz CT molecular complexity index is 792. The Morgan fingerprint density at radius 3 is 2.44 bits per heavy atom. The van der Waals surface area contributed by atoms with Gasteiger partial charge in [0.1, 0.15) is 5.56 Å². The van der Waals surface area contributed by atoms with Gasteiger partial charge in [0.05, 0.1) is 17.9 Å². The average Bonchev–Trinajstić information content (AvgIpc) is 3.08. The largest absolute Gasteiger partial charge is 0.478 e. The van der Waals surface area contributed by atoms with Crippen LogP contribution >= 0.6 is 0 Å². The number of piperidine rings is 1. The molecule has 6 nitrogen and oxygen atoms in total. The topological polar surface area (TPSA) is 75.4 Å². The molecule has 6 heteroatoms. The first kappa shape index (κ1) is 19.1. The van der Waals surface area contributed by atoms with Crippen LogP contribution in [0.1, 0.15) is 66.2 Å². The lowest BCUT2D eigenvalue weighted by molar-refractivity contribution is -0.133. The fourth-order valence-corrected chi connectivity index (χ4v) is 3.92. The number of carbonyl (C=O) groups is 2. The van der Waals surface area contributed by atoms with E-state index >= 15 is 0 Å². The molecule has 3 rings (SSSR count). The van der Waals surface area contributed by atoms with E-state index in [1.807, 2.05) is 27.8 Å². The molecule has 1 aliphatic rings. The smallest absolute Gasteiger partial charge is 0.339 e. The van der Waals surface area contributed by atoms with Crippen molar-refractivity contribution in [2.45, 2.75) is 51.5 Å². The zero-order valence-electron chi connectivity index (χ0n) is 16.0. The summed E-state index contributed by atoms with van der Waals surface area (Å²) in [7, 11) is 0. The third-order valence-corrected chi connectivity index (χ3v) is 5.62. The van der Waals surface area contributed by atoms with Crippen molar-refractivity contribution in [2.24, 2.45) is 0 Å². The maximum Gasteiger partial charge on any atom is 0.339 e. The predicted octanol–water partition coefficient (Wildman–Crippen LogP) is 3.64. The van der Waals surface area contributed by atoms with Crippen LogP contribution in [0.15, 0.2) is 36.5 Å². The van der Waals surface area contributed by atoms with Crippen LogP contribution in [0.5, 0.6) is 0 Å². The zero-order chi connectivity index (χ0) is 19.4. The Labute approximate surface area is 159 Å². The molecule has 2 heterocycles. The molecule has 0 bridgehead atoms. The van der Waals surface area contributed by atoms with E-state index in [0.29, 0.717) is 25.2 Å². The third-order valence-electron chi connectivity index (χ3n) is 5.62. The van der Waals surface area contributed by atoms with Crippen molar-refractivity contribution in [2.75, 3.05) is 13.1 Å². The van der Waals surface area contributed by atoms with Crippen molar-refractivity contribution in [1.29, 1.82) is 0 Å². The SMILES string of the molecule is CCC(CC(=O)N1CCC(n2ncc(C(=O)O)c2C)CC1)c1ccccc1. The summed E-state index contributed by atoms with van der Waals surface area (Å²) in [6, 6.07) is 10.4. The van der Waals surface area contributed by atoms with Gasteiger partial charge in [-0.1, -0.05) is 37.3 Å². The second-order valence-electron chi connectivity index (χ2n) is 7.23. The van der Waals surface area contributed by atoms with Gasteiger partial charge in [-0.05, 0) is 37.7 Å². The van der Waals surface area contributed by atoms with E-state index in [1.54, 1.807) is 6.92 Å². The van der Waals surface area contributed by atoms with Crippen molar-refractivity contribution in [3.05, 3.63) is 53.3 Å². The number of benzene rings is 1. The molecule has 1 saturated heterocycles. The van der Waals surface area contributed by atoms with Crippen LogP contribution in [-0.4, -0.2) is 44.8 Å². The Morgan fingerprint density at radius 1 is 1.22 bits per heavy atom. The van der Waals surface area contributed by atoms with Crippen molar-refractivity contribution >= 4 is 11.9 Å². The number of hydrogen-bond acceptors (Lipinski definition) is 3. The van der Waals surface area contributed by atoms with Gasteiger partial charge in [-0.15, -0.1) is 0 Å². The van der Waals surface area contributed by atoms with E-state index in [2.05, 4.69) is 24.2 Å². The summed E-state index contributed by atoms with van der Waals surface area (Å²) in [6.07, 6.45) is 4.50. The fraction of sp³-hybridized carbons (Fsp3) is 0.476. The quantitative estimate of drug-likeness (QED) is 0.843. The normalized spacial score (nSPS) is 16.3. The summed E-state index contributed by atoms with van der Waals surface area (Å²) in [4.78, 5) is 25.9. The van der Waals surface area contributed by atoms with Crippen molar-refractivity contribution < 1.29 is 14.7 Å². The van der Waals surface area contributed by atoms with E-state index < -0.39 is 5.97 Å². The van der Waals surface area contributed by atoms with Crippen molar-refractivity contribution in [1.82, 2.24) is 14.7 Å². The van der Waals surface area contributed by atoms with E-state index in [1.165, 1.54) is 11.8 Å². The minimum absolute atomic E-state index is 0.151. The molecule has 1 aromatic carbocycles. The van der Waals surface area contributed by atoms with Crippen molar-refractivity contribution in [3.8, 4) is 0 Å². The molecular formula is C21H27N3O3. The van der Waals surface area contributed by atoms with Gasteiger partial charge in [-0.2, -0.15) is 5.10 Å². The van der Waals surface area contributed by atoms with Gasteiger partial charge in [-0.25, -0.2) is 4.79 Å². The number of carboxylic acids is 1. The number of amides is 1. The van der Waals surface area contributed by atoms with Crippen LogP contribution < -0.4 is 0 Å². The van der Waals surface area contributed by atoms with Gasteiger partial charge in [-0.3, -0.25) is 9.48 Å². The number of aromatic carboxylic acids is 1. The van der Waals surface area contributed by atoms with Gasteiger partial charge in [0.25, 0.3) is 0 Å². The Morgan fingerprint density at radius 2 is 1.89 bits per heavy atom. The first-order chi connectivity index (χ1) is 13.0. The molecule has 1 unspecified atom stereocenters. The zero-order valence-corrected chi connectivity index (χ0v) is 16.0. The molecule has 1 N–H and O–H groups in total. The van der Waals surface area contributed by atoms with Gasteiger partial charge < -0.3 is 10.0 Å². The number of nitrogens with zero attached hydrogens (tertiary/aromatic N) is 3. The van der Waals surface area contributed by atoms with E-state index in [-0.39, 0.29) is 23.4 Å². The maximum atomic E-state index is 12.8. The standard InChI is InChI=1S/C21H27N3O3/c1-3-16(17-7-5-4-6-8-17)13-20(25)23-11-9-18(10-12-23)24-15(2)19(14-22-24)21(26)27/h4-8,14,16,18H,3,9-13H2,1-2H3,(H,26,27). The monoisotopic (exact) mass is 369 g/mol. The van der Waals surface area contributed by atoms with Gasteiger partial charge >= 0.3 is 5.97 Å². The molecule has 1 fully saturated rings. The third kappa shape index (κ3) is 4.21. The van der Waals surface area contributed by atoms with Crippen LogP contribution in [0.4, 0.5) is 0 Å². The molecule has 1 aromatic heterocycles. The van der Waals surface area contributed by atoms with Crippen LogP contribution in [0, 0.1) is 6.92 Å². The van der Waals surface area contributed by atoms with E-state index in [9.17, 15) is 14.7 Å². The lowest BCUT2D eigenvalue weighted by atomic mass is 9.92. The summed E-state index contributed by atoms with van der Waals surface area (Å²) < 4.78 is 1.81. The fourth-order valence-electron chi connectivity index (χ4n) is 3.92. The number of carbonyl (C=O) groups excluding carboxylic acids is 1. The molecule has 27 heavy (non-hydrogen) atoms. The lowest BCUT2D eigenvalue weighted by Gasteiger charge is -2.33.